The maximum Gasteiger partial charge on any atom is 0.416 e. The summed E-state index contributed by atoms with van der Waals surface area (Å²) in [6, 6.07) is 2.39. The van der Waals surface area contributed by atoms with Crippen LogP contribution < -0.4 is 0 Å². The van der Waals surface area contributed by atoms with Crippen LogP contribution in [0.1, 0.15) is 22.8 Å². The molecule has 0 heterocycles. The zero-order valence-corrected chi connectivity index (χ0v) is 9.43. The van der Waals surface area contributed by atoms with Gasteiger partial charge < -0.3 is 4.74 Å². The van der Waals surface area contributed by atoms with Crippen LogP contribution in [0.2, 0.25) is 0 Å². The third-order valence-electron chi connectivity index (χ3n) is 2.27. The lowest BCUT2D eigenvalue weighted by molar-refractivity contribution is -0.143. The fourth-order valence-corrected chi connectivity index (χ4v) is 1.39. The Hall–Kier alpha value is -1.75. The van der Waals surface area contributed by atoms with Crippen molar-refractivity contribution in [1.29, 1.82) is 5.26 Å². The number of methoxy groups -OCH3 is 1. The van der Waals surface area contributed by atoms with Gasteiger partial charge in [-0.2, -0.15) is 31.6 Å². The van der Waals surface area contributed by atoms with E-state index >= 15 is 0 Å². The van der Waals surface area contributed by atoms with Gasteiger partial charge in [0.25, 0.3) is 0 Å². The highest BCUT2D eigenvalue weighted by Crippen LogP contribution is 2.37. The number of rotatable bonds is 2. The molecule has 0 aliphatic rings. The van der Waals surface area contributed by atoms with Crippen molar-refractivity contribution in [2.24, 2.45) is 0 Å². The Morgan fingerprint density at radius 3 is 1.68 bits per heavy atom. The zero-order chi connectivity index (χ0) is 14.8. The maximum absolute atomic E-state index is 12.5. The summed E-state index contributed by atoms with van der Waals surface area (Å²) in [7, 11) is 1.02. The standard InChI is InChI=1S/C11H7F6NO/c1-19-9(5-18)6-2-7(10(12,13)14)4-8(3-6)11(15,16)17/h2-4,9H,1H3. The number of ether oxygens (including phenoxy) is 1. The third-order valence-corrected chi connectivity index (χ3v) is 2.27. The van der Waals surface area contributed by atoms with Gasteiger partial charge >= 0.3 is 12.4 Å². The van der Waals surface area contributed by atoms with E-state index in [-0.39, 0.29) is 6.07 Å². The second-order valence-corrected chi connectivity index (χ2v) is 3.58. The zero-order valence-electron chi connectivity index (χ0n) is 9.43. The number of hydrogen-bond acceptors (Lipinski definition) is 2. The second-order valence-electron chi connectivity index (χ2n) is 3.58. The van der Waals surface area contributed by atoms with E-state index in [1.165, 1.54) is 6.07 Å². The van der Waals surface area contributed by atoms with Crippen molar-refractivity contribution in [3.8, 4) is 6.07 Å². The number of hydrogen-bond donors (Lipinski definition) is 0. The number of nitriles is 1. The van der Waals surface area contributed by atoms with Crippen LogP contribution in [0.4, 0.5) is 26.3 Å². The molecule has 2 nitrogen and oxygen atoms in total. The van der Waals surface area contributed by atoms with E-state index in [0.29, 0.717) is 12.1 Å². The Morgan fingerprint density at radius 2 is 1.42 bits per heavy atom. The molecule has 1 rings (SSSR count). The van der Waals surface area contributed by atoms with Crippen molar-refractivity contribution in [1.82, 2.24) is 0 Å². The Balaban J connectivity index is 3.46. The van der Waals surface area contributed by atoms with Crippen molar-refractivity contribution < 1.29 is 31.1 Å². The van der Waals surface area contributed by atoms with Crippen molar-refractivity contribution in [2.45, 2.75) is 18.5 Å². The largest absolute Gasteiger partial charge is 0.416 e. The molecular weight excluding hydrogens is 276 g/mol. The van der Waals surface area contributed by atoms with Crippen LogP contribution >= 0.6 is 0 Å². The molecule has 0 fully saturated rings. The van der Waals surface area contributed by atoms with Crippen LogP contribution in [0.15, 0.2) is 18.2 Å². The summed E-state index contributed by atoms with van der Waals surface area (Å²) in [4.78, 5) is 0. The van der Waals surface area contributed by atoms with Gasteiger partial charge in [-0.05, 0) is 23.8 Å². The molecule has 104 valence electrons. The SMILES string of the molecule is COC(C#N)c1cc(C(F)(F)F)cc(C(F)(F)F)c1. The van der Waals surface area contributed by atoms with Crippen LogP contribution in [0, 0.1) is 11.3 Å². The first-order chi connectivity index (χ1) is 8.59. The van der Waals surface area contributed by atoms with E-state index < -0.39 is 35.1 Å². The van der Waals surface area contributed by atoms with Crippen LogP contribution in [0.5, 0.6) is 0 Å². The summed E-state index contributed by atoms with van der Waals surface area (Å²) < 4.78 is 79.6. The molecule has 1 aromatic rings. The second kappa shape index (κ2) is 5.09. The first kappa shape index (κ1) is 15.3. The highest BCUT2D eigenvalue weighted by Gasteiger charge is 2.37. The van der Waals surface area contributed by atoms with Crippen molar-refractivity contribution >= 4 is 0 Å². The molecule has 0 aromatic heterocycles. The first-order valence-corrected chi connectivity index (χ1v) is 4.81. The summed E-state index contributed by atoms with van der Waals surface area (Å²) in [5.41, 5.74) is -3.45. The molecule has 0 aliphatic heterocycles. The molecular formula is C11H7F6NO. The van der Waals surface area contributed by atoms with Crippen LogP contribution in [0.3, 0.4) is 0 Å². The fourth-order valence-electron chi connectivity index (χ4n) is 1.39. The van der Waals surface area contributed by atoms with Crippen molar-refractivity contribution in [3.63, 3.8) is 0 Å². The molecule has 19 heavy (non-hydrogen) atoms. The Labute approximate surface area is 104 Å². The minimum Gasteiger partial charge on any atom is -0.362 e. The minimum atomic E-state index is -4.94. The predicted molar refractivity (Wildman–Crippen MR) is 51.8 cm³/mol. The predicted octanol–water partition coefficient (Wildman–Crippen LogP) is 3.94. The lowest BCUT2D eigenvalue weighted by Crippen LogP contribution is -2.13. The first-order valence-electron chi connectivity index (χ1n) is 4.81. The van der Waals surface area contributed by atoms with E-state index in [1.54, 1.807) is 0 Å². The minimum absolute atomic E-state index is 0.00635. The van der Waals surface area contributed by atoms with Gasteiger partial charge in [0.15, 0.2) is 6.10 Å². The van der Waals surface area contributed by atoms with Crippen LogP contribution in [0.25, 0.3) is 0 Å². The van der Waals surface area contributed by atoms with E-state index in [2.05, 4.69) is 4.74 Å². The van der Waals surface area contributed by atoms with Gasteiger partial charge in [-0.3, -0.25) is 0 Å². The smallest absolute Gasteiger partial charge is 0.362 e. The molecule has 0 amide bonds. The molecule has 0 radical (unpaired) electrons. The van der Waals surface area contributed by atoms with Gasteiger partial charge in [0.2, 0.25) is 0 Å². The summed E-state index contributed by atoms with van der Waals surface area (Å²) in [6.45, 7) is 0. The van der Waals surface area contributed by atoms with E-state index in [9.17, 15) is 26.3 Å². The van der Waals surface area contributed by atoms with E-state index in [4.69, 9.17) is 5.26 Å². The van der Waals surface area contributed by atoms with Crippen molar-refractivity contribution in [3.05, 3.63) is 34.9 Å². The highest BCUT2D eigenvalue weighted by molar-refractivity contribution is 5.36. The van der Waals surface area contributed by atoms with E-state index in [1.807, 2.05) is 0 Å². The van der Waals surface area contributed by atoms with Gasteiger partial charge in [0, 0.05) is 7.11 Å². The summed E-state index contributed by atoms with van der Waals surface area (Å²) in [5.74, 6) is 0. The van der Waals surface area contributed by atoms with Gasteiger partial charge in [0.05, 0.1) is 17.2 Å². The molecule has 0 aliphatic carbocycles. The number of alkyl halides is 6. The molecule has 0 spiro atoms. The Bertz CT molecular complexity index is 467. The third kappa shape index (κ3) is 3.61. The Kier molecular flexibility index (Phi) is 4.10. The van der Waals surface area contributed by atoms with Crippen LogP contribution in [-0.2, 0) is 17.1 Å². The van der Waals surface area contributed by atoms with Gasteiger partial charge in [-0.1, -0.05) is 0 Å². The van der Waals surface area contributed by atoms with Gasteiger partial charge in [-0.25, -0.2) is 0 Å². The normalized spacial score (nSPS) is 14.0. The lowest BCUT2D eigenvalue weighted by atomic mass is 10.0. The summed E-state index contributed by atoms with van der Waals surface area (Å²) in [6.07, 6.45) is -11.4. The molecule has 0 bridgehead atoms. The number of benzene rings is 1. The quantitative estimate of drug-likeness (QED) is 0.770. The maximum atomic E-state index is 12.5. The fraction of sp³-hybridized carbons (Fsp3) is 0.364. The van der Waals surface area contributed by atoms with E-state index in [0.717, 1.165) is 7.11 Å². The molecule has 1 atom stereocenters. The van der Waals surface area contributed by atoms with Gasteiger partial charge in [0.1, 0.15) is 0 Å². The molecule has 0 saturated carbocycles. The summed E-state index contributed by atoms with van der Waals surface area (Å²) >= 11 is 0. The molecule has 1 unspecified atom stereocenters. The van der Waals surface area contributed by atoms with Crippen molar-refractivity contribution in [2.75, 3.05) is 7.11 Å². The topological polar surface area (TPSA) is 33.0 Å². The summed E-state index contributed by atoms with van der Waals surface area (Å²) in [5, 5.41) is 8.63. The highest BCUT2D eigenvalue weighted by atomic mass is 19.4. The number of halogens is 6. The Morgan fingerprint density at radius 1 is 1.00 bits per heavy atom. The monoisotopic (exact) mass is 283 g/mol. The number of nitrogens with zero attached hydrogens (tertiary/aromatic N) is 1. The average molecular weight is 283 g/mol. The molecule has 8 heteroatoms. The molecule has 1 aromatic carbocycles. The molecule has 0 saturated heterocycles. The molecule has 0 N–H and O–H groups in total. The van der Waals surface area contributed by atoms with Gasteiger partial charge in [-0.15, -0.1) is 0 Å². The lowest BCUT2D eigenvalue weighted by Gasteiger charge is -2.15. The van der Waals surface area contributed by atoms with Crippen LogP contribution in [-0.4, -0.2) is 7.11 Å². The average Bonchev–Trinajstić information content (AvgIpc) is 2.28.